The van der Waals surface area contributed by atoms with E-state index in [9.17, 15) is 9.90 Å². The lowest BCUT2D eigenvalue weighted by atomic mass is 9.96. The maximum absolute atomic E-state index is 13.2. The van der Waals surface area contributed by atoms with Crippen molar-refractivity contribution in [2.24, 2.45) is 10.5 Å². The number of hydrazone groups is 1. The molecule has 1 unspecified atom stereocenters. The number of rotatable bonds is 8. The second-order valence-corrected chi connectivity index (χ2v) is 9.29. The van der Waals surface area contributed by atoms with E-state index in [0.29, 0.717) is 19.4 Å². The molecule has 6 nitrogen and oxygen atoms in total. The summed E-state index contributed by atoms with van der Waals surface area (Å²) >= 11 is 1.63. The molecule has 152 valence electrons. The van der Waals surface area contributed by atoms with Gasteiger partial charge in [0.05, 0.1) is 23.4 Å². The van der Waals surface area contributed by atoms with Gasteiger partial charge in [-0.05, 0) is 35.4 Å². The van der Waals surface area contributed by atoms with Gasteiger partial charge in [-0.2, -0.15) is 5.10 Å². The number of aliphatic hydroxyl groups is 1. The minimum Gasteiger partial charge on any atom is -0.467 e. The van der Waals surface area contributed by atoms with E-state index in [1.165, 1.54) is 0 Å². The number of amides is 1. The first-order chi connectivity index (χ1) is 13.4. The van der Waals surface area contributed by atoms with Gasteiger partial charge in [-0.25, -0.2) is 5.01 Å². The molecule has 0 saturated carbocycles. The molecule has 0 saturated heterocycles. The molecular weight excluding hydrogens is 374 g/mol. The SMILES string of the molecule is CC(C)(C)CN(CCCO)CC(=O)N1N=C(c2cccs2)CC1c1ccco1. The lowest BCUT2D eigenvalue weighted by Crippen LogP contribution is -2.42. The molecule has 2 aromatic heterocycles. The molecular formula is C21H29N3O3S. The Hall–Kier alpha value is -1.96. The summed E-state index contributed by atoms with van der Waals surface area (Å²) in [4.78, 5) is 16.4. The van der Waals surface area contributed by atoms with E-state index in [0.717, 1.165) is 22.9 Å². The first-order valence-corrected chi connectivity index (χ1v) is 10.6. The van der Waals surface area contributed by atoms with Gasteiger partial charge in [0.1, 0.15) is 11.8 Å². The molecule has 0 radical (unpaired) electrons. The van der Waals surface area contributed by atoms with Crippen LogP contribution in [0.2, 0.25) is 0 Å². The number of carbonyl (C=O) groups is 1. The van der Waals surface area contributed by atoms with Gasteiger partial charge in [-0.15, -0.1) is 11.3 Å². The van der Waals surface area contributed by atoms with Crippen LogP contribution < -0.4 is 0 Å². The number of hydrogen-bond donors (Lipinski definition) is 1. The van der Waals surface area contributed by atoms with Gasteiger partial charge in [0.15, 0.2) is 0 Å². The first kappa shape index (κ1) is 20.8. The Morgan fingerprint density at radius 3 is 2.82 bits per heavy atom. The van der Waals surface area contributed by atoms with Crippen LogP contribution >= 0.6 is 11.3 Å². The molecule has 3 rings (SSSR count). The monoisotopic (exact) mass is 403 g/mol. The van der Waals surface area contributed by atoms with Crippen LogP contribution in [0.1, 0.15) is 50.3 Å². The quantitative estimate of drug-likeness (QED) is 0.729. The highest BCUT2D eigenvalue weighted by atomic mass is 32.1. The smallest absolute Gasteiger partial charge is 0.257 e. The first-order valence-electron chi connectivity index (χ1n) is 9.67. The summed E-state index contributed by atoms with van der Waals surface area (Å²) in [6, 6.07) is 7.55. The van der Waals surface area contributed by atoms with Crippen molar-refractivity contribution in [3.8, 4) is 0 Å². The van der Waals surface area contributed by atoms with Crippen LogP contribution in [0, 0.1) is 5.41 Å². The molecule has 28 heavy (non-hydrogen) atoms. The van der Waals surface area contributed by atoms with Gasteiger partial charge in [0, 0.05) is 26.1 Å². The number of hydrogen-bond acceptors (Lipinski definition) is 6. The predicted molar refractivity (Wildman–Crippen MR) is 111 cm³/mol. The highest BCUT2D eigenvalue weighted by Gasteiger charge is 2.35. The Bertz CT molecular complexity index is 778. The number of thiophene rings is 1. The molecule has 0 spiro atoms. The molecule has 3 heterocycles. The standard InChI is InChI=1S/C21H29N3O3S/c1-21(2,3)15-23(9-6-10-25)14-20(26)24-17(18-7-4-11-27-18)13-16(22-24)19-8-5-12-28-19/h4-5,7-8,11-12,17,25H,6,9-10,13-15H2,1-3H3. The number of nitrogens with zero attached hydrogens (tertiary/aromatic N) is 3. The molecule has 1 N–H and O–H groups in total. The third-order valence-electron chi connectivity index (χ3n) is 4.53. The lowest BCUT2D eigenvalue weighted by molar-refractivity contribution is -0.134. The maximum Gasteiger partial charge on any atom is 0.257 e. The van der Waals surface area contributed by atoms with Crippen LogP contribution in [0.25, 0.3) is 0 Å². The van der Waals surface area contributed by atoms with Crippen molar-refractivity contribution >= 4 is 23.0 Å². The Morgan fingerprint density at radius 2 is 2.21 bits per heavy atom. The molecule has 1 aliphatic rings. The van der Waals surface area contributed by atoms with E-state index in [4.69, 9.17) is 4.42 Å². The van der Waals surface area contributed by atoms with Crippen LogP contribution in [0.15, 0.2) is 45.4 Å². The average Bonchev–Trinajstić information content (AvgIpc) is 3.38. The van der Waals surface area contributed by atoms with Crippen LogP contribution in [0.3, 0.4) is 0 Å². The zero-order chi connectivity index (χ0) is 20.1. The molecule has 0 aliphatic carbocycles. The second kappa shape index (κ2) is 9.03. The zero-order valence-electron chi connectivity index (χ0n) is 16.8. The fourth-order valence-corrected chi connectivity index (χ4v) is 4.20. The van der Waals surface area contributed by atoms with Crippen LogP contribution in [-0.2, 0) is 4.79 Å². The third-order valence-corrected chi connectivity index (χ3v) is 5.45. The number of carbonyl (C=O) groups excluding carboxylic acids is 1. The van der Waals surface area contributed by atoms with Crippen molar-refractivity contribution in [1.82, 2.24) is 9.91 Å². The summed E-state index contributed by atoms with van der Waals surface area (Å²) in [5.41, 5.74) is 0.981. The van der Waals surface area contributed by atoms with Gasteiger partial charge in [-0.3, -0.25) is 9.69 Å². The normalized spacial score (nSPS) is 17.4. The molecule has 1 atom stereocenters. The average molecular weight is 404 g/mol. The van der Waals surface area contributed by atoms with Gasteiger partial charge in [-0.1, -0.05) is 26.8 Å². The Labute approximate surface area is 170 Å². The summed E-state index contributed by atoms with van der Waals surface area (Å²) in [5, 5.41) is 17.5. The van der Waals surface area contributed by atoms with Crippen molar-refractivity contribution in [3.63, 3.8) is 0 Å². The highest BCUT2D eigenvalue weighted by Crippen LogP contribution is 2.34. The largest absolute Gasteiger partial charge is 0.467 e. The molecule has 0 fully saturated rings. The lowest BCUT2D eigenvalue weighted by Gasteiger charge is -2.31. The Balaban J connectivity index is 1.79. The van der Waals surface area contributed by atoms with Gasteiger partial charge < -0.3 is 9.52 Å². The van der Waals surface area contributed by atoms with Crippen molar-refractivity contribution in [3.05, 3.63) is 46.5 Å². The van der Waals surface area contributed by atoms with E-state index >= 15 is 0 Å². The summed E-state index contributed by atoms with van der Waals surface area (Å²) in [7, 11) is 0. The van der Waals surface area contributed by atoms with Crippen molar-refractivity contribution in [2.45, 2.75) is 39.7 Å². The fraction of sp³-hybridized carbons (Fsp3) is 0.524. The molecule has 2 aromatic rings. The molecule has 1 aliphatic heterocycles. The summed E-state index contributed by atoms with van der Waals surface area (Å²) in [6.07, 6.45) is 2.93. The van der Waals surface area contributed by atoms with Crippen LogP contribution in [0.4, 0.5) is 0 Å². The highest BCUT2D eigenvalue weighted by molar-refractivity contribution is 7.12. The minimum absolute atomic E-state index is 0.0462. The number of furan rings is 1. The summed E-state index contributed by atoms with van der Waals surface area (Å²) in [5.74, 6) is 0.705. The van der Waals surface area contributed by atoms with E-state index < -0.39 is 0 Å². The van der Waals surface area contributed by atoms with E-state index in [2.05, 4.69) is 30.8 Å². The second-order valence-electron chi connectivity index (χ2n) is 8.35. The van der Waals surface area contributed by atoms with Crippen LogP contribution in [0.5, 0.6) is 0 Å². The topological polar surface area (TPSA) is 69.3 Å². The summed E-state index contributed by atoms with van der Waals surface area (Å²) < 4.78 is 5.60. The molecule has 1 amide bonds. The zero-order valence-corrected chi connectivity index (χ0v) is 17.6. The van der Waals surface area contributed by atoms with E-state index in [1.807, 2.05) is 29.6 Å². The van der Waals surface area contributed by atoms with Crippen LogP contribution in [-0.4, -0.2) is 52.9 Å². The van der Waals surface area contributed by atoms with Gasteiger partial charge in [0.25, 0.3) is 5.91 Å². The van der Waals surface area contributed by atoms with Gasteiger partial charge >= 0.3 is 0 Å². The van der Waals surface area contributed by atoms with Crippen molar-refractivity contribution in [1.29, 1.82) is 0 Å². The Kier molecular flexibility index (Phi) is 6.69. The maximum atomic E-state index is 13.2. The minimum atomic E-state index is -0.214. The molecule has 0 bridgehead atoms. The molecule has 0 aromatic carbocycles. The van der Waals surface area contributed by atoms with E-state index in [1.54, 1.807) is 22.6 Å². The molecule has 7 heteroatoms. The van der Waals surface area contributed by atoms with Gasteiger partial charge in [0.2, 0.25) is 0 Å². The predicted octanol–water partition coefficient (Wildman–Crippen LogP) is 3.75. The number of aliphatic hydroxyl groups excluding tert-OH is 1. The van der Waals surface area contributed by atoms with E-state index in [-0.39, 0.29) is 30.5 Å². The van der Waals surface area contributed by atoms with Crippen molar-refractivity contribution in [2.75, 3.05) is 26.2 Å². The van der Waals surface area contributed by atoms with Crippen molar-refractivity contribution < 1.29 is 14.3 Å². The Morgan fingerprint density at radius 1 is 1.39 bits per heavy atom. The third kappa shape index (κ3) is 5.31. The fourth-order valence-electron chi connectivity index (χ4n) is 3.48. The summed E-state index contributed by atoms with van der Waals surface area (Å²) in [6.45, 7) is 8.30.